The van der Waals surface area contributed by atoms with Crippen molar-refractivity contribution >= 4 is 5.91 Å². The molecule has 1 saturated heterocycles. The molecule has 1 heterocycles. The van der Waals surface area contributed by atoms with Crippen LogP contribution in [0, 0.1) is 5.41 Å². The summed E-state index contributed by atoms with van der Waals surface area (Å²) in [5, 5.41) is 12.4. The maximum absolute atomic E-state index is 12.0. The number of aliphatic hydroxyl groups excluding tert-OH is 1. The van der Waals surface area contributed by atoms with Crippen LogP contribution in [0.3, 0.4) is 0 Å². The van der Waals surface area contributed by atoms with Gasteiger partial charge < -0.3 is 15.2 Å². The Hall–Kier alpha value is -0.650. The molecule has 1 aliphatic heterocycles. The van der Waals surface area contributed by atoms with E-state index in [1.807, 2.05) is 0 Å². The van der Waals surface area contributed by atoms with Crippen molar-refractivity contribution in [2.75, 3.05) is 40.0 Å². The first-order valence-electron chi connectivity index (χ1n) is 7.84. The van der Waals surface area contributed by atoms with Crippen LogP contribution < -0.4 is 5.32 Å². The van der Waals surface area contributed by atoms with E-state index in [9.17, 15) is 9.90 Å². The minimum absolute atomic E-state index is 0.150. The molecule has 1 unspecified atom stereocenters. The molecular weight excluding hydrogens is 256 g/mol. The van der Waals surface area contributed by atoms with Gasteiger partial charge in [-0.05, 0) is 38.6 Å². The highest BCUT2D eigenvalue weighted by molar-refractivity contribution is 5.85. The summed E-state index contributed by atoms with van der Waals surface area (Å²) >= 11 is 0. The van der Waals surface area contributed by atoms with Crippen molar-refractivity contribution in [3.8, 4) is 0 Å². The number of rotatable bonds is 8. The number of piperidine rings is 1. The lowest BCUT2D eigenvalue weighted by atomic mass is 10.0. The zero-order chi connectivity index (χ0) is 14.4. The molecule has 0 aromatic rings. The van der Waals surface area contributed by atoms with Crippen LogP contribution in [0.15, 0.2) is 0 Å². The molecule has 2 fully saturated rings. The number of nitrogens with zero attached hydrogens (tertiary/aromatic N) is 1. The maximum atomic E-state index is 12.0. The topological polar surface area (TPSA) is 61.8 Å². The van der Waals surface area contributed by atoms with Crippen molar-refractivity contribution in [2.45, 2.75) is 44.6 Å². The fraction of sp³-hybridized carbons (Fsp3) is 0.933. The Kier molecular flexibility index (Phi) is 5.81. The van der Waals surface area contributed by atoms with Crippen molar-refractivity contribution in [3.63, 3.8) is 0 Å². The number of likely N-dealkylation sites (tertiary alicyclic amines) is 1. The quantitative estimate of drug-likeness (QED) is 0.646. The van der Waals surface area contributed by atoms with E-state index in [0.717, 1.165) is 45.3 Å². The van der Waals surface area contributed by atoms with Gasteiger partial charge in [0.05, 0.1) is 18.6 Å². The monoisotopic (exact) mass is 284 g/mol. The number of carbonyl (C=O) groups is 1. The molecular formula is C15H28N2O3. The van der Waals surface area contributed by atoms with Crippen molar-refractivity contribution in [3.05, 3.63) is 0 Å². The maximum Gasteiger partial charge on any atom is 0.228 e. The van der Waals surface area contributed by atoms with Crippen LogP contribution in [-0.2, 0) is 9.53 Å². The smallest absolute Gasteiger partial charge is 0.228 e. The summed E-state index contributed by atoms with van der Waals surface area (Å²) in [6.45, 7) is 3.55. The van der Waals surface area contributed by atoms with Crippen LogP contribution in [0.4, 0.5) is 0 Å². The molecule has 5 heteroatoms. The molecule has 2 N–H and O–H groups in total. The van der Waals surface area contributed by atoms with Gasteiger partial charge in [-0.1, -0.05) is 6.42 Å². The molecule has 0 bridgehead atoms. The molecule has 1 amide bonds. The van der Waals surface area contributed by atoms with Crippen LogP contribution in [0.5, 0.6) is 0 Å². The molecule has 0 spiro atoms. The van der Waals surface area contributed by atoms with Gasteiger partial charge >= 0.3 is 0 Å². The number of carbonyl (C=O) groups excluding carboxylic acids is 1. The van der Waals surface area contributed by atoms with Crippen LogP contribution in [0.1, 0.15) is 38.5 Å². The van der Waals surface area contributed by atoms with Crippen molar-refractivity contribution in [1.29, 1.82) is 0 Å². The molecule has 1 aliphatic carbocycles. The van der Waals surface area contributed by atoms with E-state index >= 15 is 0 Å². The molecule has 5 nitrogen and oxygen atoms in total. The number of nitrogens with one attached hydrogen (secondary N) is 1. The lowest BCUT2D eigenvalue weighted by Crippen LogP contribution is -2.43. The minimum Gasteiger partial charge on any atom is -0.395 e. The third kappa shape index (κ3) is 3.93. The van der Waals surface area contributed by atoms with E-state index in [2.05, 4.69) is 10.2 Å². The van der Waals surface area contributed by atoms with Crippen molar-refractivity contribution < 1.29 is 14.6 Å². The molecule has 20 heavy (non-hydrogen) atoms. The summed E-state index contributed by atoms with van der Waals surface area (Å²) in [7, 11) is 1.65. The van der Waals surface area contributed by atoms with Gasteiger partial charge in [0.25, 0.3) is 0 Å². The van der Waals surface area contributed by atoms with Gasteiger partial charge in [0.2, 0.25) is 5.91 Å². The molecule has 1 saturated carbocycles. The van der Waals surface area contributed by atoms with E-state index in [0.29, 0.717) is 12.6 Å². The molecule has 2 rings (SSSR count). The largest absolute Gasteiger partial charge is 0.395 e. The zero-order valence-corrected chi connectivity index (χ0v) is 12.6. The van der Waals surface area contributed by atoms with Gasteiger partial charge in [-0.2, -0.15) is 0 Å². The van der Waals surface area contributed by atoms with Crippen LogP contribution in [0.25, 0.3) is 0 Å². The summed E-state index contributed by atoms with van der Waals surface area (Å²) in [5.74, 6) is 0.150. The SMILES string of the molecule is COCC1(C(=O)NCCCN2CCCCC2CO)CC1. The summed E-state index contributed by atoms with van der Waals surface area (Å²) in [6.07, 6.45) is 6.39. The highest BCUT2D eigenvalue weighted by Crippen LogP contribution is 2.45. The van der Waals surface area contributed by atoms with Crippen LogP contribution in [0.2, 0.25) is 0 Å². The number of hydrogen-bond acceptors (Lipinski definition) is 4. The molecule has 0 radical (unpaired) electrons. The fourth-order valence-corrected chi connectivity index (χ4v) is 3.10. The normalized spacial score (nSPS) is 25.4. The number of hydrogen-bond donors (Lipinski definition) is 2. The Balaban J connectivity index is 1.62. The van der Waals surface area contributed by atoms with E-state index in [1.165, 1.54) is 12.8 Å². The van der Waals surface area contributed by atoms with Crippen molar-refractivity contribution in [2.24, 2.45) is 5.41 Å². The highest BCUT2D eigenvalue weighted by atomic mass is 16.5. The van der Waals surface area contributed by atoms with Gasteiger partial charge in [0.15, 0.2) is 0 Å². The van der Waals surface area contributed by atoms with Crippen molar-refractivity contribution in [1.82, 2.24) is 10.2 Å². The predicted molar refractivity (Wildman–Crippen MR) is 77.5 cm³/mol. The first-order chi connectivity index (χ1) is 9.72. The average Bonchev–Trinajstić information content (AvgIpc) is 3.25. The standard InChI is InChI=1S/C15H28N2O3/c1-20-12-15(6-7-15)14(19)16-8-4-10-17-9-3-2-5-13(17)11-18/h13,18H,2-12H2,1H3,(H,16,19). The van der Waals surface area contributed by atoms with Gasteiger partial charge in [0, 0.05) is 26.2 Å². The third-order valence-corrected chi connectivity index (χ3v) is 4.62. The summed E-state index contributed by atoms with van der Waals surface area (Å²) in [6, 6.07) is 0.322. The number of amides is 1. The average molecular weight is 284 g/mol. The third-order valence-electron chi connectivity index (χ3n) is 4.62. The Morgan fingerprint density at radius 3 is 2.90 bits per heavy atom. The molecule has 0 aromatic heterocycles. The number of aliphatic hydroxyl groups is 1. The van der Waals surface area contributed by atoms with Crippen LogP contribution >= 0.6 is 0 Å². The highest BCUT2D eigenvalue weighted by Gasteiger charge is 2.49. The first-order valence-corrected chi connectivity index (χ1v) is 7.84. The Bertz CT molecular complexity index is 318. The second kappa shape index (κ2) is 7.38. The lowest BCUT2D eigenvalue weighted by molar-refractivity contribution is -0.128. The molecule has 2 aliphatic rings. The fourth-order valence-electron chi connectivity index (χ4n) is 3.10. The Morgan fingerprint density at radius 1 is 1.45 bits per heavy atom. The van der Waals surface area contributed by atoms with Gasteiger partial charge in [0.1, 0.15) is 0 Å². The van der Waals surface area contributed by atoms with E-state index < -0.39 is 0 Å². The Labute approximate surface area is 121 Å². The molecule has 0 aromatic carbocycles. The van der Waals surface area contributed by atoms with Crippen LogP contribution in [-0.4, -0.2) is 61.9 Å². The molecule has 1 atom stereocenters. The van der Waals surface area contributed by atoms with E-state index in [-0.39, 0.29) is 17.9 Å². The van der Waals surface area contributed by atoms with Gasteiger partial charge in [-0.15, -0.1) is 0 Å². The number of ether oxygens (including phenoxy) is 1. The number of methoxy groups -OCH3 is 1. The second-order valence-electron chi connectivity index (χ2n) is 6.19. The van der Waals surface area contributed by atoms with E-state index in [1.54, 1.807) is 7.11 Å². The summed E-state index contributed by atoms with van der Waals surface area (Å²) < 4.78 is 5.12. The predicted octanol–water partition coefficient (Wildman–Crippen LogP) is 0.766. The summed E-state index contributed by atoms with van der Waals surface area (Å²) in [5.41, 5.74) is -0.229. The summed E-state index contributed by atoms with van der Waals surface area (Å²) in [4.78, 5) is 14.4. The van der Waals surface area contributed by atoms with E-state index in [4.69, 9.17) is 4.74 Å². The molecule has 116 valence electrons. The van der Waals surface area contributed by atoms with Gasteiger partial charge in [-0.3, -0.25) is 9.69 Å². The lowest BCUT2D eigenvalue weighted by Gasteiger charge is -2.34. The van der Waals surface area contributed by atoms with Gasteiger partial charge in [-0.25, -0.2) is 0 Å². The zero-order valence-electron chi connectivity index (χ0n) is 12.6. The second-order valence-corrected chi connectivity index (χ2v) is 6.19. The first kappa shape index (κ1) is 15.7. The Morgan fingerprint density at radius 2 is 2.25 bits per heavy atom. The minimum atomic E-state index is -0.229.